The highest BCUT2D eigenvalue weighted by atomic mass is 32.2. The molecule has 2 unspecified atom stereocenters. The maximum atomic E-state index is 14.6. The van der Waals surface area contributed by atoms with Gasteiger partial charge in [-0.15, -0.1) is 0 Å². The minimum absolute atomic E-state index is 0.181. The van der Waals surface area contributed by atoms with E-state index in [0.29, 0.717) is 29.1 Å². The van der Waals surface area contributed by atoms with Gasteiger partial charge in [0.05, 0.1) is 30.2 Å². The topological polar surface area (TPSA) is 83.8 Å². The molecule has 1 aliphatic rings. The third-order valence-corrected chi connectivity index (χ3v) is 6.80. The Morgan fingerprint density at radius 2 is 1.88 bits per heavy atom. The van der Waals surface area contributed by atoms with Crippen molar-refractivity contribution in [3.05, 3.63) is 60.8 Å². The summed E-state index contributed by atoms with van der Waals surface area (Å²) in [6, 6.07) is 11.4. The number of hydrogen-bond donors (Lipinski definition) is 2. The average molecular weight is 460 g/mol. The number of sulfonamides is 1. The fourth-order valence-corrected chi connectivity index (χ4v) is 5.10. The number of methoxy groups -OCH3 is 1. The van der Waals surface area contributed by atoms with Crippen LogP contribution in [0.5, 0.6) is 5.75 Å². The van der Waals surface area contributed by atoms with E-state index in [0.717, 1.165) is 24.8 Å². The van der Waals surface area contributed by atoms with Crippen molar-refractivity contribution >= 4 is 21.4 Å². The Labute approximate surface area is 187 Å². The van der Waals surface area contributed by atoms with Gasteiger partial charge in [0.25, 0.3) is 10.0 Å². The van der Waals surface area contributed by atoms with E-state index in [1.807, 2.05) is 6.07 Å². The van der Waals surface area contributed by atoms with Crippen molar-refractivity contribution in [3.8, 4) is 16.9 Å². The van der Waals surface area contributed by atoms with E-state index in [4.69, 9.17) is 9.15 Å². The van der Waals surface area contributed by atoms with Crippen LogP contribution >= 0.6 is 0 Å². The zero-order valence-electron chi connectivity index (χ0n) is 18.1. The van der Waals surface area contributed by atoms with Crippen molar-refractivity contribution in [3.63, 3.8) is 0 Å². The van der Waals surface area contributed by atoms with Gasteiger partial charge < -0.3 is 19.4 Å². The summed E-state index contributed by atoms with van der Waals surface area (Å²) in [5.41, 5.74) is 1.97. The first-order chi connectivity index (χ1) is 15.3. The van der Waals surface area contributed by atoms with Gasteiger partial charge in [-0.05, 0) is 56.3 Å². The third kappa shape index (κ3) is 4.58. The van der Waals surface area contributed by atoms with Gasteiger partial charge in [0.2, 0.25) is 0 Å². The summed E-state index contributed by atoms with van der Waals surface area (Å²) in [4.78, 5) is 2.02. The summed E-state index contributed by atoms with van der Waals surface area (Å²) in [5.74, 6) is -0.275. The van der Waals surface area contributed by atoms with Crippen LogP contribution < -0.4 is 19.7 Å². The quantitative estimate of drug-likeness (QED) is 0.578. The molecule has 1 fully saturated rings. The molecule has 0 aliphatic carbocycles. The summed E-state index contributed by atoms with van der Waals surface area (Å²) >= 11 is 0. The van der Waals surface area contributed by atoms with E-state index in [1.165, 1.54) is 31.8 Å². The van der Waals surface area contributed by atoms with Crippen molar-refractivity contribution in [2.45, 2.75) is 30.8 Å². The molecule has 2 heterocycles. The number of halogens is 1. The van der Waals surface area contributed by atoms with Crippen molar-refractivity contribution < 1.29 is 22.0 Å². The number of nitrogens with one attached hydrogen (secondary N) is 2. The first kappa shape index (κ1) is 22.2. The van der Waals surface area contributed by atoms with Gasteiger partial charge in [-0.1, -0.05) is 0 Å². The lowest BCUT2D eigenvalue weighted by Crippen LogP contribution is -2.54. The van der Waals surface area contributed by atoms with Crippen molar-refractivity contribution in [2.24, 2.45) is 0 Å². The molecular weight excluding hydrogens is 433 g/mol. The van der Waals surface area contributed by atoms with Crippen LogP contribution in [-0.2, 0) is 10.0 Å². The normalized spacial score (nSPS) is 19.1. The molecule has 3 aromatic rings. The molecule has 32 heavy (non-hydrogen) atoms. The number of nitrogens with zero attached hydrogens (tertiary/aromatic N) is 1. The van der Waals surface area contributed by atoms with E-state index < -0.39 is 15.8 Å². The maximum Gasteiger partial charge on any atom is 0.262 e. The predicted molar refractivity (Wildman–Crippen MR) is 122 cm³/mol. The molecule has 2 aromatic carbocycles. The number of hydrogen-bond acceptors (Lipinski definition) is 6. The van der Waals surface area contributed by atoms with E-state index in [1.54, 1.807) is 18.2 Å². The molecule has 7 nitrogen and oxygen atoms in total. The van der Waals surface area contributed by atoms with Crippen LogP contribution in [0.25, 0.3) is 11.1 Å². The Kier molecular flexibility index (Phi) is 6.12. The fourth-order valence-electron chi connectivity index (χ4n) is 4.03. The van der Waals surface area contributed by atoms with Crippen LogP contribution in [0, 0.1) is 5.82 Å². The molecule has 0 bridgehead atoms. The minimum Gasteiger partial charge on any atom is -0.495 e. The highest BCUT2D eigenvalue weighted by Gasteiger charge is 2.24. The summed E-state index contributed by atoms with van der Waals surface area (Å²) in [6.45, 7) is 5.81. The van der Waals surface area contributed by atoms with E-state index in [9.17, 15) is 12.8 Å². The van der Waals surface area contributed by atoms with Crippen molar-refractivity contribution in [1.82, 2.24) is 5.32 Å². The number of rotatable bonds is 6. The number of furan rings is 1. The molecule has 1 aromatic heterocycles. The molecule has 1 aliphatic heterocycles. The predicted octanol–water partition coefficient (Wildman–Crippen LogP) is 4.08. The number of anilines is 2. The van der Waals surface area contributed by atoms with Gasteiger partial charge >= 0.3 is 0 Å². The first-order valence-corrected chi connectivity index (χ1v) is 11.8. The molecule has 0 amide bonds. The van der Waals surface area contributed by atoms with Gasteiger partial charge in [-0.25, -0.2) is 12.8 Å². The molecule has 0 radical (unpaired) electrons. The van der Waals surface area contributed by atoms with Crippen LogP contribution in [0.1, 0.15) is 13.8 Å². The Morgan fingerprint density at radius 1 is 1.12 bits per heavy atom. The summed E-state index contributed by atoms with van der Waals surface area (Å²) in [6.07, 6.45) is 2.83. The summed E-state index contributed by atoms with van der Waals surface area (Å²) in [7, 11) is -2.57. The van der Waals surface area contributed by atoms with Crippen LogP contribution in [0.15, 0.2) is 64.3 Å². The standard InChI is InChI=1S/C23H26FN3O4S/c1-15-12-27(13-16(2)25-15)18-4-7-23(30-3)22(10-18)26-32(28,29)19-5-6-20(21(24)11-19)17-8-9-31-14-17/h4-11,14-16,25-26H,12-13H2,1-3H3. The number of piperazine rings is 1. The van der Waals surface area contributed by atoms with Gasteiger partial charge in [0.15, 0.2) is 0 Å². The van der Waals surface area contributed by atoms with Crippen LogP contribution in [0.3, 0.4) is 0 Å². The summed E-state index contributed by atoms with van der Waals surface area (Å²) < 4.78 is 53.6. The Balaban J connectivity index is 1.63. The smallest absolute Gasteiger partial charge is 0.262 e. The van der Waals surface area contributed by atoms with E-state index >= 15 is 0 Å². The lowest BCUT2D eigenvalue weighted by molar-refractivity contribution is 0.406. The lowest BCUT2D eigenvalue weighted by atomic mass is 10.1. The van der Waals surface area contributed by atoms with Gasteiger partial charge in [0, 0.05) is 42.0 Å². The number of ether oxygens (including phenoxy) is 1. The third-order valence-electron chi connectivity index (χ3n) is 5.43. The maximum absolute atomic E-state index is 14.6. The Hall–Kier alpha value is -3.04. The second-order valence-electron chi connectivity index (χ2n) is 8.02. The zero-order chi connectivity index (χ0) is 22.9. The Bertz CT molecular complexity index is 1190. The second-order valence-corrected chi connectivity index (χ2v) is 9.70. The molecule has 0 saturated carbocycles. The zero-order valence-corrected chi connectivity index (χ0v) is 18.9. The molecule has 0 spiro atoms. The molecular formula is C23H26FN3O4S. The minimum atomic E-state index is -4.05. The monoisotopic (exact) mass is 459 g/mol. The van der Waals surface area contributed by atoms with Gasteiger partial charge in [0.1, 0.15) is 11.6 Å². The van der Waals surface area contributed by atoms with E-state index in [-0.39, 0.29) is 10.5 Å². The molecule has 9 heteroatoms. The van der Waals surface area contributed by atoms with Crippen molar-refractivity contribution in [2.75, 3.05) is 29.8 Å². The fraction of sp³-hybridized carbons (Fsp3) is 0.304. The van der Waals surface area contributed by atoms with Gasteiger partial charge in [-0.3, -0.25) is 4.72 Å². The van der Waals surface area contributed by atoms with E-state index in [2.05, 4.69) is 28.8 Å². The van der Waals surface area contributed by atoms with Crippen molar-refractivity contribution in [1.29, 1.82) is 0 Å². The van der Waals surface area contributed by atoms with Crippen LogP contribution in [0.4, 0.5) is 15.8 Å². The molecule has 1 saturated heterocycles. The van der Waals surface area contributed by atoms with Crippen LogP contribution in [-0.4, -0.2) is 40.7 Å². The highest BCUT2D eigenvalue weighted by Crippen LogP contribution is 2.33. The molecule has 4 rings (SSSR count). The average Bonchev–Trinajstić information content (AvgIpc) is 3.27. The molecule has 2 atom stereocenters. The first-order valence-electron chi connectivity index (χ1n) is 10.3. The molecule has 170 valence electrons. The molecule has 2 N–H and O–H groups in total. The van der Waals surface area contributed by atoms with Crippen LogP contribution in [0.2, 0.25) is 0 Å². The number of benzene rings is 2. The summed E-state index contributed by atoms with van der Waals surface area (Å²) in [5, 5.41) is 3.48. The Morgan fingerprint density at radius 3 is 2.50 bits per heavy atom. The largest absolute Gasteiger partial charge is 0.495 e. The van der Waals surface area contributed by atoms with Gasteiger partial charge in [-0.2, -0.15) is 0 Å². The second kappa shape index (κ2) is 8.84. The SMILES string of the molecule is COc1ccc(N2CC(C)NC(C)C2)cc1NS(=O)(=O)c1ccc(-c2ccoc2)c(F)c1. The lowest BCUT2D eigenvalue weighted by Gasteiger charge is -2.38. The highest BCUT2D eigenvalue weighted by molar-refractivity contribution is 7.92.